The molecule has 0 radical (unpaired) electrons. The molecule has 7 nitrogen and oxygen atoms in total. The highest BCUT2D eigenvalue weighted by atomic mass is 35.5. The molecule has 1 aliphatic heterocycles. The van der Waals surface area contributed by atoms with Crippen molar-refractivity contribution in [3.8, 4) is 17.1 Å². The molecule has 0 unspecified atom stereocenters. The van der Waals surface area contributed by atoms with Crippen molar-refractivity contribution < 1.29 is 14.3 Å². The minimum Gasteiger partial charge on any atom is -0.497 e. The number of nitrogens with zero attached hydrogens (tertiary/aromatic N) is 3. The first kappa shape index (κ1) is 22.6. The lowest BCUT2D eigenvalue weighted by Gasteiger charge is -2.16. The second-order valence-corrected chi connectivity index (χ2v) is 9.28. The van der Waals surface area contributed by atoms with Gasteiger partial charge in [-0.05, 0) is 68.3 Å². The molecule has 168 valence electrons. The molecule has 2 atom stereocenters. The number of thioether (sulfide) groups is 1. The summed E-state index contributed by atoms with van der Waals surface area (Å²) >= 11 is 7.30. The van der Waals surface area contributed by atoms with E-state index in [2.05, 4.69) is 20.1 Å². The Morgan fingerprint density at radius 3 is 2.66 bits per heavy atom. The summed E-state index contributed by atoms with van der Waals surface area (Å²) in [7, 11) is 1.64. The van der Waals surface area contributed by atoms with Crippen molar-refractivity contribution in [1.29, 1.82) is 0 Å². The average molecular weight is 473 g/mol. The highest BCUT2D eigenvalue weighted by Crippen LogP contribution is 2.30. The second-order valence-electron chi connectivity index (χ2n) is 7.54. The van der Waals surface area contributed by atoms with E-state index in [0.29, 0.717) is 22.4 Å². The summed E-state index contributed by atoms with van der Waals surface area (Å²) < 4.78 is 13.2. The number of hydrogen-bond acceptors (Lipinski definition) is 6. The number of halogens is 1. The first-order valence-electron chi connectivity index (χ1n) is 10.5. The Bertz CT molecular complexity index is 1050. The number of amides is 1. The lowest BCUT2D eigenvalue weighted by Crippen LogP contribution is -2.23. The van der Waals surface area contributed by atoms with E-state index in [1.165, 1.54) is 11.8 Å². The molecule has 1 fully saturated rings. The van der Waals surface area contributed by atoms with Crippen LogP contribution in [0.25, 0.3) is 11.4 Å². The van der Waals surface area contributed by atoms with Gasteiger partial charge in [0.2, 0.25) is 5.91 Å². The van der Waals surface area contributed by atoms with Gasteiger partial charge in [0.25, 0.3) is 0 Å². The second kappa shape index (κ2) is 10.4. The van der Waals surface area contributed by atoms with Gasteiger partial charge in [-0.3, -0.25) is 9.36 Å². The summed E-state index contributed by atoms with van der Waals surface area (Å²) in [5.41, 5.74) is 1.63. The molecule has 1 N–H and O–H groups in total. The van der Waals surface area contributed by atoms with Gasteiger partial charge in [0.05, 0.1) is 25.0 Å². The maximum atomic E-state index is 12.7. The number of rotatable bonds is 8. The lowest BCUT2D eigenvalue weighted by atomic mass is 10.2. The van der Waals surface area contributed by atoms with Crippen molar-refractivity contribution >= 4 is 35.0 Å². The zero-order valence-corrected chi connectivity index (χ0v) is 19.5. The number of benzene rings is 2. The number of hydrogen-bond donors (Lipinski definition) is 1. The minimum absolute atomic E-state index is 0.112. The first-order valence-corrected chi connectivity index (χ1v) is 11.7. The standard InChI is InChI=1S/C23H25ClN4O3S/c1-15(22(29)25-18-9-7-17(24)8-10-18)32-23-27-26-21(16-5-11-19(30-2)12-6-16)28(23)14-20-4-3-13-31-20/h5-12,15,20H,3-4,13-14H2,1-2H3,(H,25,29)/t15-,20+/m1/s1. The van der Waals surface area contributed by atoms with Crippen molar-refractivity contribution in [3.63, 3.8) is 0 Å². The van der Waals surface area contributed by atoms with Crippen LogP contribution in [-0.4, -0.2) is 45.7 Å². The normalized spacial score (nSPS) is 16.7. The topological polar surface area (TPSA) is 78.3 Å². The number of nitrogens with one attached hydrogen (secondary N) is 1. The number of carbonyl (C=O) groups excluding carboxylic acids is 1. The Hall–Kier alpha value is -2.55. The Morgan fingerprint density at radius 2 is 2.00 bits per heavy atom. The zero-order chi connectivity index (χ0) is 22.5. The molecule has 32 heavy (non-hydrogen) atoms. The molecular formula is C23H25ClN4O3S. The van der Waals surface area contributed by atoms with Crippen molar-refractivity contribution in [3.05, 3.63) is 53.6 Å². The van der Waals surface area contributed by atoms with Crippen molar-refractivity contribution in [2.75, 3.05) is 19.0 Å². The highest BCUT2D eigenvalue weighted by Gasteiger charge is 2.24. The molecule has 1 aromatic heterocycles. The quantitative estimate of drug-likeness (QED) is 0.469. The van der Waals surface area contributed by atoms with E-state index in [1.807, 2.05) is 31.2 Å². The molecule has 2 aromatic carbocycles. The molecule has 3 aromatic rings. The molecule has 0 aliphatic carbocycles. The molecule has 0 bridgehead atoms. The maximum Gasteiger partial charge on any atom is 0.237 e. The Kier molecular flexibility index (Phi) is 7.34. The molecule has 0 spiro atoms. The summed E-state index contributed by atoms with van der Waals surface area (Å²) in [6.07, 6.45) is 2.16. The monoisotopic (exact) mass is 472 g/mol. The fraction of sp³-hybridized carbons (Fsp3) is 0.348. The van der Waals surface area contributed by atoms with Crippen LogP contribution in [0, 0.1) is 0 Å². The van der Waals surface area contributed by atoms with E-state index in [1.54, 1.807) is 31.4 Å². The Balaban J connectivity index is 1.54. The molecular weight excluding hydrogens is 448 g/mol. The fourth-order valence-electron chi connectivity index (χ4n) is 3.47. The van der Waals surface area contributed by atoms with Gasteiger partial charge in [-0.15, -0.1) is 10.2 Å². The lowest BCUT2D eigenvalue weighted by molar-refractivity contribution is -0.115. The SMILES string of the molecule is COc1ccc(-c2nnc(S[C@H](C)C(=O)Nc3ccc(Cl)cc3)n2C[C@@H]2CCCO2)cc1. The number of carbonyl (C=O) groups is 1. The summed E-state index contributed by atoms with van der Waals surface area (Å²) in [6, 6.07) is 14.8. The number of methoxy groups -OCH3 is 1. The average Bonchev–Trinajstić information content (AvgIpc) is 3.46. The molecule has 1 saturated heterocycles. The third kappa shape index (κ3) is 5.43. The van der Waals surface area contributed by atoms with Gasteiger partial charge in [0.15, 0.2) is 11.0 Å². The predicted molar refractivity (Wildman–Crippen MR) is 126 cm³/mol. The van der Waals surface area contributed by atoms with Gasteiger partial charge in [0.1, 0.15) is 5.75 Å². The van der Waals surface area contributed by atoms with E-state index in [9.17, 15) is 4.79 Å². The van der Waals surface area contributed by atoms with Gasteiger partial charge in [-0.2, -0.15) is 0 Å². The Morgan fingerprint density at radius 1 is 1.25 bits per heavy atom. The van der Waals surface area contributed by atoms with E-state index in [-0.39, 0.29) is 17.3 Å². The van der Waals surface area contributed by atoms with Gasteiger partial charge in [-0.1, -0.05) is 23.4 Å². The van der Waals surface area contributed by atoms with Crippen LogP contribution in [0.3, 0.4) is 0 Å². The van der Waals surface area contributed by atoms with Gasteiger partial charge in [-0.25, -0.2) is 0 Å². The number of aromatic nitrogens is 3. The molecule has 9 heteroatoms. The largest absolute Gasteiger partial charge is 0.497 e. The molecule has 4 rings (SSSR count). The molecule has 2 heterocycles. The van der Waals surface area contributed by atoms with Crippen LogP contribution in [0.5, 0.6) is 5.75 Å². The minimum atomic E-state index is -0.373. The zero-order valence-electron chi connectivity index (χ0n) is 18.0. The first-order chi connectivity index (χ1) is 15.5. The summed E-state index contributed by atoms with van der Waals surface area (Å²) in [5, 5.41) is 12.7. The van der Waals surface area contributed by atoms with Crippen LogP contribution < -0.4 is 10.1 Å². The van der Waals surface area contributed by atoms with Gasteiger partial charge >= 0.3 is 0 Å². The fourth-order valence-corrected chi connectivity index (χ4v) is 4.46. The summed E-state index contributed by atoms with van der Waals surface area (Å²) in [5.74, 6) is 1.41. The van der Waals surface area contributed by atoms with Crippen LogP contribution in [0.4, 0.5) is 5.69 Å². The third-order valence-electron chi connectivity index (χ3n) is 5.24. The number of ether oxygens (including phenoxy) is 2. The summed E-state index contributed by atoms with van der Waals surface area (Å²) in [4.78, 5) is 12.7. The number of anilines is 1. The Labute approximate surface area is 196 Å². The van der Waals surface area contributed by atoms with Gasteiger partial charge < -0.3 is 14.8 Å². The molecule has 1 aliphatic rings. The van der Waals surface area contributed by atoms with Crippen molar-refractivity contribution in [2.24, 2.45) is 0 Å². The van der Waals surface area contributed by atoms with E-state index in [4.69, 9.17) is 21.1 Å². The van der Waals surface area contributed by atoms with E-state index in [0.717, 1.165) is 36.6 Å². The third-order valence-corrected chi connectivity index (χ3v) is 6.57. The maximum absolute atomic E-state index is 12.7. The molecule has 0 saturated carbocycles. The molecule has 1 amide bonds. The van der Waals surface area contributed by atoms with Gasteiger partial charge in [0, 0.05) is 22.9 Å². The van der Waals surface area contributed by atoms with Crippen LogP contribution in [0.15, 0.2) is 53.7 Å². The van der Waals surface area contributed by atoms with Crippen LogP contribution in [0.2, 0.25) is 5.02 Å². The van der Waals surface area contributed by atoms with Crippen LogP contribution in [0.1, 0.15) is 19.8 Å². The highest BCUT2D eigenvalue weighted by molar-refractivity contribution is 8.00. The van der Waals surface area contributed by atoms with E-state index >= 15 is 0 Å². The smallest absolute Gasteiger partial charge is 0.237 e. The predicted octanol–water partition coefficient (Wildman–Crippen LogP) is 4.91. The van der Waals surface area contributed by atoms with Crippen LogP contribution >= 0.6 is 23.4 Å². The van der Waals surface area contributed by atoms with Crippen molar-refractivity contribution in [1.82, 2.24) is 14.8 Å². The van der Waals surface area contributed by atoms with Crippen LogP contribution in [-0.2, 0) is 16.1 Å². The van der Waals surface area contributed by atoms with Crippen molar-refractivity contribution in [2.45, 2.75) is 42.8 Å². The summed E-state index contributed by atoms with van der Waals surface area (Å²) in [6.45, 7) is 3.27. The van der Waals surface area contributed by atoms with E-state index < -0.39 is 0 Å².